The molecule has 0 saturated heterocycles. The predicted molar refractivity (Wildman–Crippen MR) is 199 cm³/mol. The van der Waals surface area contributed by atoms with Crippen LogP contribution < -0.4 is 14.5 Å². The van der Waals surface area contributed by atoms with Crippen molar-refractivity contribution in [3.05, 3.63) is 163 Å². The highest BCUT2D eigenvalue weighted by Gasteiger charge is 2.29. The Morgan fingerprint density at radius 1 is 0.440 bits per heavy atom. The Bertz CT molecular complexity index is 2750. The van der Waals surface area contributed by atoms with Crippen molar-refractivity contribution in [3.63, 3.8) is 0 Å². The number of hydrogen-bond donors (Lipinski definition) is 0. The Hall–Kier alpha value is -7.28. The van der Waals surface area contributed by atoms with E-state index < -0.39 is 0 Å². The average molecular weight is 640 g/mol. The van der Waals surface area contributed by atoms with Crippen molar-refractivity contribution in [1.82, 2.24) is 4.57 Å². The van der Waals surface area contributed by atoms with Crippen molar-refractivity contribution in [2.45, 2.75) is 0 Å². The van der Waals surface area contributed by atoms with E-state index in [9.17, 15) is 10.5 Å². The highest BCUT2D eigenvalue weighted by Crippen LogP contribution is 2.52. The Morgan fingerprint density at radius 2 is 0.940 bits per heavy atom. The highest BCUT2D eigenvalue weighted by molar-refractivity contribution is 6.16. The van der Waals surface area contributed by atoms with Gasteiger partial charge in [-0.15, -0.1) is 0 Å². The molecule has 6 heteroatoms. The molecule has 0 spiro atoms. The van der Waals surface area contributed by atoms with Crippen molar-refractivity contribution >= 4 is 55.9 Å². The molecule has 1 aromatic heterocycles. The maximum Gasteiger partial charge on any atom is 0.151 e. The molecule has 7 aromatic carbocycles. The fraction of sp³-hybridized carbons (Fsp3) is 0. The maximum atomic E-state index is 10.4. The number of nitrogens with zero attached hydrogens (tertiary/aromatic N) is 5. The Balaban J connectivity index is 1.19. The van der Waals surface area contributed by atoms with E-state index in [1.807, 2.05) is 72.8 Å². The number of hydrogen-bond acceptors (Lipinski definition) is 5. The second-order valence-electron chi connectivity index (χ2n) is 12.5. The van der Waals surface area contributed by atoms with E-state index in [4.69, 9.17) is 4.74 Å². The number of benzene rings is 7. The molecule has 0 aliphatic carbocycles. The molecular formula is C44H25N5O. The smallest absolute Gasteiger partial charge is 0.151 e. The summed E-state index contributed by atoms with van der Waals surface area (Å²) < 4.78 is 8.61. The average Bonchev–Trinajstić information content (AvgIpc) is 3.52. The van der Waals surface area contributed by atoms with Gasteiger partial charge in [-0.2, -0.15) is 10.5 Å². The van der Waals surface area contributed by atoms with E-state index in [0.717, 1.165) is 73.5 Å². The fourth-order valence-electron chi connectivity index (χ4n) is 7.61. The molecule has 6 nitrogen and oxygen atoms in total. The summed E-state index contributed by atoms with van der Waals surface area (Å²) in [7, 11) is 0. The monoisotopic (exact) mass is 639 g/mol. The first-order valence-corrected chi connectivity index (χ1v) is 16.4. The van der Waals surface area contributed by atoms with E-state index in [1.165, 1.54) is 10.8 Å². The number of rotatable bonds is 3. The van der Waals surface area contributed by atoms with Crippen molar-refractivity contribution in [3.8, 4) is 40.5 Å². The van der Waals surface area contributed by atoms with Gasteiger partial charge in [0.15, 0.2) is 11.5 Å². The van der Waals surface area contributed by atoms with Crippen LogP contribution in [0.2, 0.25) is 0 Å². The quantitative estimate of drug-likeness (QED) is 0.192. The molecule has 8 aromatic rings. The number of anilines is 6. The van der Waals surface area contributed by atoms with Crippen LogP contribution in [0, 0.1) is 22.7 Å². The van der Waals surface area contributed by atoms with Crippen LogP contribution in [0.25, 0.3) is 38.6 Å². The van der Waals surface area contributed by atoms with Crippen LogP contribution in [0.15, 0.2) is 152 Å². The first kappa shape index (κ1) is 27.8. The molecule has 0 bridgehead atoms. The summed E-state index contributed by atoms with van der Waals surface area (Å²) in [5.41, 5.74) is 11.5. The molecule has 0 fully saturated rings. The summed E-state index contributed by atoms with van der Waals surface area (Å²) in [5.74, 6) is 1.47. The van der Waals surface area contributed by atoms with Crippen LogP contribution in [0.1, 0.15) is 11.1 Å². The van der Waals surface area contributed by atoms with Gasteiger partial charge in [0.25, 0.3) is 0 Å². The molecule has 2 aliphatic rings. The second kappa shape index (κ2) is 10.6. The van der Waals surface area contributed by atoms with E-state index >= 15 is 0 Å². The molecule has 0 unspecified atom stereocenters. The summed E-state index contributed by atoms with van der Waals surface area (Å²) in [4.78, 5) is 4.39. The molecule has 0 atom stereocenters. The molecule has 10 rings (SSSR count). The van der Waals surface area contributed by atoms with Gasteiger partial charge < -0.3 is 19.1 Å². The number of aromatic nitrogens is 1. The fourth-order valence-corrected chi connectivity index (χ4v) is 7.61. The third-order valence-electron chi connectivity index (χ3n) is 9.65. The van der Waals surface area contributed by atoms with Gasteiger partial charge in [0, 0.05) is 22.1 Å². The van der Waals surface area contributed by atoms with Crippen molar-refractivity contribution in [2.75, 3.05) is 9.80 Å². The van der Waals surface area contributed by atoms with E-state index in [1.54, 1.807) is 0 Å². The zero-order chi connectivity index (χ0) is 33.3. The van der Waals surface area contributed by atoms with E-state index in [0.29, 0.717) is 11.1 Å². The first-order valence-electron chi connectivity index (χ1n) is 16.4. The van der Waals surface area contributed by atoms with Crippen LogP contribution >= 0.6 is 0 Å². The number of para-hydroxylation sites is 8. The van der Waals surface area contributed by atoms with E-state index in [-0.39, 0.29) is 0 Å². The Morgan fingerprint density at radius 3 is 1.58 bits per heavy atom. The minimum Gasteiger partial charge on any atom is -0.453 e. The van der Waals surface area contributed by atoms with Crippen LogP contribution in [-0.4, -0.2) is 4.57 Å². The summed E-state index contributed by atoms with van der Waals surface area (Å²) in [6, 6.07) is 55.8. The molecular weight excluding hydrogens is 615 g/mol. The van der Waals surface area contributed by atoms with Crippen molar-refractivity contribution in [2.24, 2.45) is 0 Å². The van der Waals surface area contributed by atoms with Crippen molar-refractivity contribution in [1.29, 1.82) is 10.5 Å². The lowest BCUT2D eigenvalue weighted by atomic mass is 9.97. The van der Waals surface area contributed by atoms with Gasteiger partial charge in [-0.3, -0.25) is 0 Å². The zero-order valence-electron chi connectivity index (χ0n) is 26.6. The van der Waals surface area contributed by atoms with Gasteiger partial charge in [0.05, 0.1) is 62.7 Å². The lowest BCUT2D eigenvalue weighted by Gasteiger charge is -2.34. The summed E-state index contributed by atoms with van der Waals surface area (Å²) in [6.07, 6.45) is 0. The molecule has 0 radical (unpaired) electrons. The second-order valence-corrected chi connectivity index (χ2v) is 12.5. The molecule has 0 saturated carbocycles. The topological polar surface area (TPSA) is 68.2 Å². The van der Waals surface area contributed by atoms with Crippen LogP contribution in [0.4, 0.5) is 34.1 Å². The predicted octanol–water partition coefficient (Wildman–Crippen LogP) is 11.6. The maximum absolute atomic E-state index is 10.4. The lowest BCUT2D eigenvalue weighted by molar-refractivity contribution is 0.477. The van der Waals surface area contributed by atoms with Gasteiger partial charge in [-0.1, -0.05) is 66.7 Å². The third kappa shape index (κ3) is 4.00. The van der Waals surface area contributed by atoms with Crippen LogP contribution in [0.5, 0.6) is 11.5 Å². The SMILES string of the molecule is N#Cc1cc(-c2cc(C#N)cc(N3c4ccccc4-n4c5ccccc5c5cccc3c54)c2)cc(N2c3ccccc3Oc3ccccc32)c1. The molecule has 2 aliphatic heterocycles. The summed E-state index contributed by atoms with van der Waals surface area (Å²) in [6.45, 7) is 0. The Labute approximate surface area is 288 Å². The van der Waals surface area contributed by atoms with Crippen LogP contribution in [0.3, 0.4) is 0 Å². The molecule has 0 N–H and O–H groups in total. The molecule has 50 heavy (non-hydrogen) atoms. The minimum absolute atomic E-state index is 0.514. The largest absolute Gasteiger partial charge is 0.453 e. The summed E-state index contributed by atoms with van der Waals surface area (Å²) >= 11 is 0. The van der Waals surface area contributed by atoms with Crippen molar-refractivity contribution < 1.29 is 4.74 Å². The Kier molecular flexibility index (Phi) is 5.90. The van der Waals surface area contributed by atoms with Gasteiger partial charge in [-0.05, 0) is 96.1 Å². The molecule has 232 valence electrons. The van der Waals surface area contributed by atoms with E-state index in [2.05, 4.69) is 105 Å². The first-order chi connectivity index (χ1) is 24.7. The minimum atomic E-state index is 0.514. The highest BCUT2D eigenvalue weighted by atomic mass is 16.5. The molecule has 3 heterocycles. The van der Waals surface area contributed by atoms with Gasteiger partial charge in [-0.25, -0.2) is 0 Å². The lowest BCUT2D eigenvalue weighted by Crippen LogP contribution is -2.18. The zero-order valence-corrected chi connectivity index (χ0v) is 26.6. The van der Waals surface area contributed by atoms with Gasteiger partial charge >= 0.3 is 0 Å². The third-order valence-corrected chi connectivity index (χ3v) is 9.65. The normalized spacial score (nSPS) is 12.4. The number of nitriles is 2. The number of ether oxygens (including phenoxy) is 1. The van der Waals surface area contributed by atoms with Crippen LogP contribution in [-0.2, 0) is 0 Å². The molecule has 0 amide bonds. The number of fused-ring (bicyclic) bond motifs is 7. The standard InChI is InChI=1S/C44H25N5O/c45-26-28-20-30(31-21-29(27-46)23-33(25-31)48-39-15-5-7-18-42(39)50-43-19-8-6-16-40(43)48)24-32(22-28)47-37-13-3-4-14-38(37)49-36-12-2-1-10-34(36)35-11-9-17-41(47)44(35)49/h1-25H. The van der Waals surface area contributed by atoms with Gasteiger partial charge in [0.2, 0.25) is 0 Å². The van der Waals surface area contributed by atoms with Gasteiger partial charge in [0.1, 0.15) is 0 Å². The summed E-state index contributed by atoms with van der Waals surface area (Å²) in [5, 5.41) is 23.0.